The first-order valence-electron chi connectivity index (χ1n) is 7.67. The van der Waals surface area contributed by atoms with Crippen LogP contribution in [0.3, 0.4) is 0 Å². The van der Waals surface area contributed by atoms with Crippen molar-refractivity contribution in [3.05, 3.63) is 47.1 Å². The van der Waals surface area contributed by atoms with Crippen LogP contribution in [0.25, 0.3) is 6.08 Å². The van der Waals surface area contributed by atoms with Crippen LogP contribution >= 0.6 is 0 Å². The Kier molecular flexibility index (Phi) is 4.46. The zero-order valence-electron chi connectivity index (χ0n) is 13.1. The van der Waals surface area contributed by atoms with Crippen molar-refractivity contribution in [2.24, 2.45) is 0 Å². The van der Waals surface area contributed by atoms with Gasteiger partial charge in [-0.25, -0.2) is 4.79 Å². The molecule has 0 aliphatic carbocycles. The molecule has 1 amide bonds. The molecule has 3 rings (SSSR count). The van der Waals surface area contributed by atoms with Crippen molar-refractivity contribution in [2.45, 2.75) is 12.8 Å². The molecule has 0 saturated carbocycles. The first kappa shape index (κ1) is 15.3. The molecule has 120 valence electrons. The quantitative estimate of drug-likeness (QED) is 0.632. The minimum absolute atomic E-state index is 0.101. The summed E-state index contributed by atoms with van der Waals surface area (Å²) in [5.74, 6) is 0.457. The molecule has 1 aromatic rings. The van der Waals surface area contributed by atoms with Crippen molar-refractivity contribution >= 4 is 18.0 Å². The molecule has 5 nitrogen and oxygen atoms in total. The van der Waals surface area contributed by atoms with Gasteiger partial charge in [-0.05, 0) is 35.8 Å². The third-order valence-corrected chi connectivity index (χ3v) is 4.04. The number of nitrogens with zero attached hydrogens (tertiary/aromatic N) is 1. The molecule has 0 aromatic heterocycles. The van der Waals surface area contributed by atoms with Gasteiger partial charge in [0.2, 0.25) is 5.91 Å². The number of amides is 1. The van der Waals surface area contributed by atoms with Crippen molar-refractivity contribution in [3.8, 4) is 5.75 Å². The molecule has 1 aromatic carbocycles. The fraction of sp³-hybridized carbons (Fsp3) is 0.333. The molecule has 0 bridgehead atoms. The van der Waals surface area contributed by atoms with E-state index in [1.54, 1.807) is 17.1 Å². The van der Waals surface area contributed by atoms with Crippen molar-refractivity contribution < 1.29 is 19.1 Å². The molecule has 0 radical (unpaired) electrons. The van der Waals surface area contributed by atoms with Crippen LogP contribution in [0, 0.1) is 0 Å². The standard InChI is InChI=1S/C18H19NO4/c1-22-18(21)15-3-2-9-19(12-15)17(20)7-5-13-4-6-16-14(11-13)8-10-23-16/h3-7,11H,2,8-10,12H2,1H3. The summed E-state index contributed by atoms with van der Waals surface area (Å²) in [5.41, 5.74) is 2.69. The van der Waals surface area contributed by atoms with Crippen LogP contribution in [0.1, 0.15) is 17.5 Å². The maximum Gasteiger partial charge on any atom is 0.335 e. The Bertz CT molecular complexity index is 690. The first-order valence-corrected chi connectivity index (χ1v) is 7.67. The predicted molar refractivity (Wildman–Crippen MR) is 86.0 cm³/mol. The summed E-state index contributed by atoms with van der Waals surface area (Å²) in [6.45, 7) is 1.63. The molecule has 0 saturated heterocycles. The third-order valence-electron chi connectivity index (χ3n) is 4.04. The van der Waals surface area contributed by atoms with E-state index in [9.17, 15) is 9.59 Å². The van der Waals surface area contributed by atoms with Gasteiger partial charge in [0.25, 0.3) is 0 Å². The summed E-state index contributed by atoms with van der Waals surface area (Å²) in [7, 11) is 1.35. The van der Waals surface area contributed by atoms with E-state index in [-0.39, 0.29) is 11.9 Å². The Hall–Kier alpha value is -2.56. The normalized spacial score (nSPS) is 16.7. The molecule has 0 N–H and O–H groups in total. The average molecular weight is 313 g/mol. The van der Waals surface area contributed by atoms with Crippen molar-refractivity contribution in [2.75, 3.05) is 26.8 Å². The average Bonchev–Trinajstić information content (AvgIpc) is 3.06. The molecule has 2 aliphatic rings. The molecule has 5 heteroatoms. The van der Waals surface area contributed by atoms with Gasteiger partial charge in [-0.1, -0.05) is 12.1 Å². The Labute approximate surface area is 135 Å². The lowest BCUT2D eigenvalue weighted by molar-refractivity contribution is -0.136. The van der Waals surface area contributed by atoms with E-state index >= 15 is 0 Å². The van der Waals surface area contributed by atoms with Crippen molar-refractivity contribution in [3.63, 3.8) is 0 Å². The number of carbonyl (C=O) groups is 2. The molecule has 0 fully saturated rings. The largest absolute Gasteiger partial charge is 0.493 e. The monoisotopic (exact) mass is 313 g/mol. The Balaban J connectivity index is 1.65. The van der Waals surface area contributed by atoms with Crippen LogP contribution in [-0.2, 0) is 20.7 Å². The van der Waals surface area contributed by atoms with Crippen LogP contribution in [0.15, 0.2) is 35.9 Å². The highest BCUT2D eigenvalue weighted by Crippen LogP contribution is 2.26. The molecule has 23 heavy (non-hydrogen) atoms. The van der Waals surface area contributed by atoms with Gasteiger partial charge in [0.15, 0.2) is 0 Å². The second kappa shape index (κ2) is 6.69. The van der Waals surface area contributed by atoms with Gasteiger partial charge in [0, 0.05) is 19.0 Å². The summed E-state index contributed by atoms with van der Waals surface area (Å²) in [4.78, 5) is 25.5. The van der Waals surface area contributed by atoms with Gasteiger partial charge in [-0.15, -0.1) is 0 Å². The lowest BCUT2D eigenvalue weighted by Gasteiger charge is -2.25. The molecule has 2 aliphatic heterocycles. The van der Waals surface area contributed by atoms with Crippen molar-refractivity contribution in [1.82, 2.24) is 4.90 Å². The second-order valence-corrected chi connectivity index (χ2v) is 5.57. The lowest BCUT2D eigenvalue weighted by Crippen LogP contribution is -2.36. The molecule has 0 unspecified atom stereocenters. The van der Waals surface area contributed by atoms with Crippen LogP contribution in [-0.4, -0.2) is 43.6 Å². The fourth-order valence-corrected chi connectivity index (χ4v) is 2.79. The molecular formula is C18H19NO4. The highest BCUT2D eigenvalue weighted by Gasteiger charge is 2.21. The van der Waals surface area contributed by atoms with Gasteiger partial charge in [0.05, 0.1) is 25.8 Å². The van der Waals surface area contributed by atoms with Gasteiger partial charge in [-0.3, -0.25) is 4.79 Å². The molecular weight excluding hydrogens is 294 g/mol. The SMILES string of the molecule is COC(=O)C1=CCCN(C(=O)C=Cc2ccc3c(c2)CCO3)C1. The highest BCUT2D eigenvalue weighted by molar-refractivity contribution is 5.94. The Morgan fingerprint density at radius 1 is 1.35 bits per heavy atom. The van der Waals surface area contributed by atoms with E-state index in [0.717, 1.165) is 24.3 Å². The minimum atomic E-state index is -0.370. The van der Waals surface area contributed by atoms with E-state index in [1.165, 1.54) is 12.7 Å². The smallest absolute Gasteiger partial charge is 0.335 e. The highest BCUT2D eigenvalue weighted by atomic mass is 16.5. The van der Waals surface area contributed by atoms with E-state index in [2.05, 4.69) is 0 Å². The third kappa shape index (κ3) is 3.44. The van der Waals surface area contributed by atoms with E-state index in [4.69, 9.17) is 9.47 Å². The summed E-state index contributed by atoms with van der Waals surface area (Å²) in [6.07, 6.45) is 6.76. The zero-order valence-corrected chi connectivity index (χ0v) is 13.1. The maximum absolute atomic E-state index is 12.3. The van der Waals surface area contributed by atoms with Gasteiger partial charge in [-0.2, -0.15) is 0 Å². The first-order chi connectivity index (χ1) is 11.2. The molecule has 0 atom stereocenters. The summed E-state index contributed by atoms with van der Waals surface area (Å²) >= 11 is 0. The summed E-state index contributed by atoms with van der Waals surface area (Å²) in [5, 5.41) is 0. The van der Waals surface area contributed by atoms with Gasteiger partial charge < -0.3 is 14.4 Å². The Morgan fingerprint density at radius 3 is 3.04 bits per heavy atom. The number of hydrogen-bond acceptors (Lipinski definition) is 4. The number of methoxy groups -OCH3 is 1. The molecule has 0 spiro atoms. The predicted octanol–water partition coefficient (Wildman–Crippen LogP) is 1.97. The van der Waals surface area contributed by atoms with E-state index < -0.39 is 0 Å². The minimum Gasteiger partial charge on any atom is -0.493 e. The number of esters is 1. The number of carbonyl (C=O) groups excluding carboxylic acids is 2. The lowest BCUT2D eigenvalue weighted by atomic mass is 10.1. The number of hydrogen-bond donors (Lipinski definition) is 0. The van der Waals surface area contributed by atoms with Crippen LogP contribution < -0.4 is 4.74 Å². The van der Waals surface area contributed by atoms with Gasteiger partial charge >= 0.3 is 5.97 Å². The van der Waals surface area contributed by atoms with E-state index in [1.807, 2.05) is 24.3 Å². The number of rotatable bonds is 3. The van der Waals surface area contributed by atoms with Crippen LogP contribution in [0.5, 0.6) is 5.75 Å². The number of benzene rings is 1. The van der Waals surface area contributed by atoms with Gasteiger partial charge in [0.1, 0.15) is 5.75 Å². The Morgan fingerprint density at radius 2 is 2.22 bits per heavy atom. The van der Waals surface area contributed by atoms with E-state index in [0.29, 0.717) is 25.1 Å². The zero-order chi connectivity index (χ0) is 16.2. The topological polar surface area (TPSA) is 55.8 Å². The fourth-order valence-electron chi connectivity index (χ4n) is 2.79. The number of fused-ring (bicyclic) bond motifs is 1. The summed E-state index contributed by atoms with van der Waals surface area (Å²) in [6, 6.07) is 5.91. The maximum atomic E-state index is 12.3. The van der Waals surface area contributed by atoms with Crippen molar-refractivity contribution in [1.29, 1.82) is 0 Å². The van der Waals surface area contributed by atoms with Crippen LogP contribution in [0.4, 0.5) is 0 Å². The second-order valence-electron chi connectivity index (χ2n) is 5.57. The molecule has 2 heterocycles. The number of ether oxygens (including phenoxy) is 2. The summed E-state index contributed by atoms with van der Waals surface area (Å²) < 4.78 is 10.2. The van der Waals surface area contributed by atoms with Crippen LogP contribution in [0.2, 0.25) is 0 Å².